The molecule has 1 aliphatic heterocycles. The summed E-state index contributed by atoms with van der Waals surface area (Å²) in [7, 11) is -3.67. The standard InChI is InChI=1S/C15H12F3N3O3S/c1-2-25(23,24)12-4-3-5-19-13(12)21-8-11-10(14(21)22)6-9(7-20-11)15(16,17)18/h3-7H,2,8H2,1H3. The Labute approximate surface area is 141 Å². The Balaban J connectivity index is 2.07. The second-order valence-electron chi connectivity index (χ2n) is 5.34. The van der Waals surface area contributed by atoms with Gasteiger partial charge in [-0.15, -0.1) is 0 Å². The molecule has 10 heteroatoms. The van der Waals surface area contributed by atoms with Crippen LogP contribution in [-0.2, 0) is 22.6 Å². The fraction of sp³-hybridized carbons (Fsp3) is 0.267. The van der Waals surface area contributed by atoms with E-state index in [9.17, 15) is 26.4 Å². The normalized spacial score (nSPS) is 14.7. The number of carbonyl (C=O) groups is 1. The molecule has 0 radical (unpaired) electrons. The number of aromatic nitrogens is 2. The van der Waals surface area contributed by atoms with Gasteiger partial charge in [0, 0.05) is 12.4 Å². The van der Waals surface area contributed by atoms with E-state index in [4.69, 9.17) is 0 Å². The molecule has 0 aliphatic carbocycles. The molecule has 2 aromatic heterocycles. The van der Waals surface area contributed by atoms with Crippen LogP contribution in [-0.4, -0.2) is 30.0 Å². The Morgan fingerprint density at radius 2 is 2.00 bits per heavy atom. The van der Waals surface area contributed by atoms with Crippen LogP contribution in [0.25, 0.3) is 0 Å². The predicted octanol–water partition coefficient (Wildman–Crippen LogP) is 2.45. The average Bonchev–Trinajstić information content (AvgIpc) is 2.90. The molecule has 25 heavy (non-hydrogen) atoms. The average molecular weight is 371 g/mol. The van der Waals surface area contributed by atoms with Crippen molar-refractivity contribution in [3.05, 3.63) is 47.4 Å². The summed E-state index contributed by atoms with van der Waals surface area (Å²) in [6.45, 7) is 1.30. The second kappa shape index (κ2) is 5.80. The number of anilines is 1. The zero-order valence-electron chi connectivity index (χ0n) is 12.9. The Hall–Kier alpha value is -2.49. The lowest BCUT2D eigenvalue weighted by Crippen LogP contribution is -2.26. The van der Waals surface area contributed by atoms with Gasteiger partial charge in [0.25, 0.3) is 5.91 Å². The van der Waals surface area contributed by atoms with Crippen molar-refractivity contribution in [3.63, 3.8) is 0 Å². The van der Waals surface area contributed by atoms with Gasteiger partial charge >= 0.3 is 6.18 Å². The molecule has 3 heterocycles. The van der Waals surface area contributed by atoms with Crippen molar-refractivity contribution in [2.75, 3.05) is 10.7 Å². The third-order valence-corrected chi connectivity index (χ3v) is 5.55. The molecule has 3 rings (SSSR count). The van der Waals surface area contributed by atoms with Gasteiger partial charge in [-0.1, -0.05) is 6.92 Å². The van der Waals surface area contributed by atoms with Gasteiger partial charge in [0.15, 0.2) is 15.7 Å². The van der Waals surface area contributed by atoms with E-state index in [0.29, 0.717) is 6.20 Å². The lowest BCUT2D eigenvalue weighted by atomic mass is 10.1. The van der Waals surface area contributed by atoms with E-state index in [1.54, 1.807) is 0 Å². The Morgan fingerprint density at radius 3 is 2.64 bits per heavy atom. The van der Waals surface area contributed by atoms with Crippen molar-refractivity contribution in [3.8, 4) is 0 Å². The quantitative estimate of drug-likeness (QED) is 0.828. The number of halogens is 3. The van der Waals surface area contributed by atoms with Gasteiger partial charge in [0.1, 0.15) is 4.90 Å². The number of hydrogen-bond donors (Lipinski definition) is 0. The van der Waals surface area contributed by atoms with Crippen LogP contribution in [0.4, 0.5) is 19.0 Å². The summed E-state index contributed by atoms with van der Waals surface area (Å²) < 4.78 is 62.8. The van der Waals surface area contributed by atoms with Gasteiger partial charge in [-0.05, 0) is 18.2 Å². The molecule has 0 bridgehead atoms. The monoisotopic (exact) mass is 371 g/mol. The molecule has 6 nitrogen and oxygen atoms in total. The maximum atomic E-state index is 12.8. The molecule has 132 valence electrons. The predicted molar refractivity (Wildman–Crippen MR) is 81.7 cm³/mol. The highest BCUT2D eigenvalue weighted by atomic mass is 32.2. The molecule has 0 N–H and O–H groups in total. The number of fused-ring (bicyclic) bond motifs is 1. The molecule has 0 saturated carbocycles. The minimum absolute atomic E-state index is 0.110. The summed E-state index contributed by atoms with van der Waals surface area (Å²) in [6, 6.07) is 3.45. The first-order valence-corrected chi connectivity index (χ1v) is 8.86. The molecule has 0 fully saturated rings. The molecular formula is C15H12F3N3O3S. The van der Waals surface area contributed by atoms with Gasteiger partial charge in [0.05, 0.1) is 29.1 Å². The molecule has 1 aliphatic rings. The van der Waals surface area contributed by atoms with Crippen molar-refractivity contribution in [1.82, 2.24) is 9.97 Å². The van der Waals surface area contributed by atoms with E-state index in [2.05, 4.69) is 9.97 Å². The molecule has 1 amide bonds. The highest BCUT2D eigenvalue weighted by molar-refractivity contribution is 7.91. The van der Waals surface area contributed by atoms with Gasteiger partial charge in [-0.3, -0.25) is 14.7 Å². The number of pyridine rings is 2. The van der Waals surface area contributed by atoms with Crippen LogP contribution in [0.2, 0.25) is 0 Å². The zero-order valence-corrected chi connectivity index (χ0v) is 13.7. The lowest BCUT2D eigenvalue weighted by Gasteiger charge is -2.17. The number of sulfone groups is 1. The number of alkyl halides is 3. The summed E-state index contributed by atoms with van der Waals surface area (Å²) >= 11 is 0. The third kappa shape index (κ3) is 2.97. The minimum atomic E-state index is -4.63. The number of rotatable bonds is 3. The van der Waals surface area contributed by atoms with E-state index < -0.39 is 27.5 Å². The number of hydrogen-bond acceptors (Lipinski definition) is 5. The molecular weight excluding hydrogens is 359 g/mol. The van der Waals surface area contributed by atoms with Gasteiger partial charge < -0.3 is 0 Å². The fourth-order valence-corrected chi connectivity index (χ4v) is 3.52. The zero-order chi connectivity index (χ0) is 18.4. The van der Waals surface area contributed by atoms with Gasteiger partial charge in [-0.25, -0.2) is 13.4 Å². The summed E-state index contributed by atoms with van der Waals surface area (Å²) in [5, 5.41) is 0. The van der Waals surface area contributed by atoms with Crippen LogP contribution in [0.3, 0.4) is 0 Å². The Kier molecular flexibility index (Phi) is 4.02. The maximum Gasteiger partial charge on any atom is 0.417 e. The molecule has 0 aromatic carbocycles. The summed E-state index contributed by atoms with van der Waals surface area (Å²) in [5.41, 5.74) is -1.10. The molecule has 0 atom stereocenters. The number of nitrogens with zero attached hydrogens (tertiary/aromatic N) is 3. The maximum absolute atomic E-state index is 12.8. The first-order chi connectivity index (χ1) is 11.6. The van der Waals surface area contributed by atoms with Gasteiger partial charge in [-0.2, -0.15) is 13.2 Å². The lowest BCUT2D eigenvalue weighted by molar-refractivity contribution is -0.137. The third-order valence-electron chi connectivity index (χ3n) is 3.80. The van der Waals surface area contributed by atoms with Crippen LogP contribution in [0.15, 0.2) is 35.5 Å². The SMILES string of the molecule is CCS(=O)(=O)c1cccnc1N1Cc2ncc(C(F)(F)F)cc2C1=O. The highest BCUT2D eigenvalue weighted by Crippen LogP contribution is 2.34. The van der Waals surface area contributed by atoms with E-state index in [1.165, 1.54) is 25.3 Å². The van der Waals surface area contributed by atoms with Crippen molar-refractivity contribution in [2.24, 2.45) is 0 Å². The summed E-state index contributed by atoms with van der Waals surface area (Å²) in [4.78, 5) is 21.1. The van der Waals surface area contributed by atoms with E-state index in [0.717, 1.165) is 11.0 Å². The highest BCUT2D eigenvalue weighted by Gasteiger charge is 2.38. The van der Waals surface area contributed by atoms with Crippen molar-refractivity contribution < 1.29 is 26.4 Å². The molecule has 0 saturated heterocycles. The summed E-state index contributed by atoms with van der Waals surface area (Å²) in [6.07, 6.45) is -2.66. The van der Waals surface area contributed by atoms with E-state index in [1.807, 2.05) is 0 Å². The molecule has 0 unspecified atom stereocenters. The van der Waals surface area contributed by atoms with E-state index in [-0.39, 0.29) is 34.3 Å². The fourth-order valence-electron chi connectivity index (χ4n) is 2.48. The number of amides is 1. The van der Waals surface area contributed by atoms with Crippen LogP contribution >= 0.6 is 0 Å². The van der Waals surface area contributed by atoms with Crippen LogP contribution in [0, 0.1) is 0 Å². The van der Waals surface area contributed by atoms with Crippen LogP contribution < -0.4 is 4.90 Å². The smallest absolute Gasteiger partial charge is 0.285 e. The molecule has 2 aromatic rings. The summed E-state index contributed by atoms with van der Waals surface area (Å²) in [5.74, 6) is -1.07. The van der Waals surface area contributed by atoms with Crippen LogP contribution in [0.1, 0.15) is 28.5 Å². The van der Waals surface area contributed by atoms with Crippen LogP contribution in [0.5, 0.6) is 0 Å². The van der Waals surface area contributed by atoms with Crippen molar-refractivity contribution >= 4 is 21.6 Å². The minimum Gasteiger partial charge on any atom is -0.285 e. The Bertz CT molecular complexity index is 958. The van der Waals surface area contributed by atoms with Crippen molar-refractivity contribution in [2.45, 2.75) is 24.5 Å². The van der Waals surface area contributed by atoms with Crippen molar-refractivity contribution in [1.29, 1.82) is 0 Å². The van der Waals surface area contributed by atoms with E-state index >= 15 is 0 Å². The topological polar surface area (TPSA) is 80.2 Å². The first kappa shape index (κ1) is 17.3. The van der Waals surface area contributed by atoms with Gasteiger partial charge in [0.2, 0.25) is 0 Å². The number of carbonyl (C=O) groups excluding carboxylic acids is 1. The second-order valence-corrected chi connectivity index (χ2v) is 7.58. The molecule has 0 spiro atoms. The largest absolute Gasteiger partial charge is 0.417 e. The first-order valence-electron chi connectivity index (χ1n) is 7.21. The Morgan fingerprint density at radius 1 is 1.28 bits per heavy atom.